The van der Waals surface area contributed by atoms with Gasteiger partial charge in [-0.05, 0) is 26.8 Å². The molecule has 0 unspecified atom stereocenters. The molecule has 1 fully saturated rings. The van der Waals surface area contributed by atoms with Crippen LogP contribution in [0.2, 0.25) is 0 Å². The van der Waals surface area contributed by atoms with Crippen molar-refractivity contribution in [3.8, 4) is 0 Å². The Kier molecular flexibility index (Phi) is 4.78. The zero-order chi connectivity index (χ0) is 14.8. The third-order valence-electron chi connectivity index (χ3n) is 4.10. The van der Waals surface area contributed by atoms with E-state index < -0.39 is 5.60 Å². The number of methoxy groups -OCH3 is 1. The molecule has 1 aromatic heterocycles. The highest BCUT2D eigenvalue weighted by Crippen LogP contribution is 2.32. The van der Waals surface area contributed by atoms with E-state index in [1.165, 1.54) is 0 Å². The van der Waals surface area contributed by atoms with Crippen molar-refractivity contribution in [2.24, 2.45) is 0 Å². The Labute approximate surface area is 120 Å². The molecule has 0 aromatic carbocycles. The van der Waals surface area contributed by atoms with Crippen LogP contribution in [-0.4, -0.2) is 48.4 Å². The fraction of sp³-hybridized carbons (Fsp3) is 0.857. The summed E-state index contributed by atoms with van der Waals surface area (Å²) >= 11 is 0. The molecule has 6 heteroatoms. The lowest BCUT2D eigenvalue weighted by Gasteiger charge is -2.32. The molecule has 2 rings (SSSR count). The minimum atomic E-state index is -0.464. The molecule has 0 N–H and O–H groups in total. The van der Waals surface area contributed by atoms with Crippen molar-refractivity contribution >= 4 is 0 Å². The lowest BCUT2D eigenvalue weighted by Crippen LogP contribution is -2.40. The van der Waals surface area contributed by atoms with Crippen LogP contribution in [0.1, 0.15) is 51.4 Å². The van der Waals surface area contributed by atoms with E-state index in [1.54, 1.807) is 7.11 Å². The zero-order valence-corrected chi connectivity index (χ0v) is 13.0. The molecule has 0 saturated carbocycles. The van der Waals surface area contributed by atoms with Crippen molar-refractivity contribution in [3.63, 3.8) is 0 Å². The molecule has 1 aromatic rings. The smallest absolute Gasteiger partial charge is 0.257 e. The van der Waals surface area contributed by atoms with Crippen molar-refractivity contribution in [2.75, 3.05) is 27.2 Å². The first-order valence-electron chi connectivity index (χ1n) is 7.27. The summed E-state index contributed by atoms with van der Waals surface area (Å²) in [6.45, 7) is 7.87. The summed E-state index contributed by atoms with van der Waals surface area (Å²) < 4.78 is 16.9. The van der Waals surface area contributed by atoms with Crippen LogP contribution in [0, 0.1) is 0 Å². The van der Waals surface area contributed by atoms with Gasteiger partial charge in [0.1, 0.15) is 11.7 Å². The SMILES string of the molecule is CCC(CC)(OC)c1noc([C@H]2CN(C)C[C@@H](C)O2)n1. The average molecular weight is 283 g/mol. The topological polar surface area (TPSA) is 60.6 Å². The van der Waals surface area contributed by atoms with Crippen LogP contribution in [-0.2, 0) is 15.1 Å². The fourth-order valence-corrected chi connectivity index (χ4v) is 2.80. The highest BCUT2D eigenvalue weighted by Gasteiger charge is 2.36. The number of nitrogens with zero attached hydrogens (tertiary/aromatic N) is 3. The first-order chi connectivity index (χ1) is 9.54. The molecule has 0 amide bonds. The molecule has 0 spiro atoms. The molecule has 2 atom stereocenters. The first kappa shape index (κ1) is 15.4. The van der Waals surface area contributed by atoms with E-state index in [4.69, 9.17) is 14.0 Å². The van der Waals surface area contributed by atoms with Crippen LogP contribution in [0.4, 0.5) is 0 Å². The van der Waals surface area contributed by atoms with Crippen LogP contribution in [0.15, 0.2) is 4.52 Å². The van der Waals surface area contributed by atoms with Crippen LogP contribution >= 0.6 is 0 Å². The van der Waals surface area contributed by atoms with Crippen molar-refractivity contribution in [1.82, 2.24) is 15.0 Å². The molecule has 0 bridgehead atoms. The number of morpholine rings is 1. The molecule has 114 valence electrons. The number of likely N-dealkylation sites (N-methyl/N-ethyl adjacent to an activating group) is 1. The predicted molar refractivity (Wildman–Crippen MR) is 74.4 cm³/mol. The summed E-state index contributed by atoms with van der Waals surface area (Å²) in [4.78, 5) is 6.75. The molecule has 6 nitrogen and oxygen atoms in total. The van der Waals surface area contributed by atoms with E-state index >= 15 is 0 Å². The molecule has 1 aliphatic rings. The molecule has 20 heavy (non-hydrogen) atoms. The summed E-state index contributed by atoms with van der Waals surface area (Å²) in [7, 11) is 3.76. The Balaban J connectivity index is 2.20. The van der Waals surface area contributed by atoms with E-state index in [2.05, 4.69) is 42.9 Å². The lowest BCUT2D eigenvalue weighted by atomic mass is 9.96. The van der Waals surface area contributed by atoms with Crippen molar-refractivity contribution < 1.29 is 14.0 Å². The largest absolute Gasteiger partial charge is 0.370 e. The van der Waals surface area contributed by atoms with Gasteiger partial charge in [0.25, 0.3) is 5.89 Å². The van der Waals surface area contributed by atoms with Crippen LogP contribution in [0.3, 0.4) is 0 Å². The van der Waals surface area contributed by atoms with Crippen molar-refractivity contribution in [1.29, 1.82) is 0 Å². The minimum Gasteiger partial charge on any atom is -0.370 e. The maximum absolute atomic E-state index is 5.89. The van der Waals surface area contributed by atoms with Gasteiger partial charge in [-0.25, -0.2) is 0 Å². The number of ether oxygens (including phenoxy) is 2. The Bertz CT molecular complexity index is 413. The minimum absolute atomic E-state index is 0.159. The van der Waals surface area contributed by atoms with Gasteiger partial charge in [-0.1, -0.05) is 19.0 Å². The summed E-state index contributed by atoms with van der Waals surface area (Å²) in [5.41, 5.74) is -0.464. The van der Waals surface area contributed by atoms with Gasteiger partial charge in [-0.2, -0.15) is 4.98 Å². The van der Waals surface area contributed by atoms with Gasteiger partial charge in [-0.3, -0.25) is 0 Å². The summed E-state index contributed by atoms with van der Waals surface area (Å²) in [5.74, 6) is 1.16. The fourth-order valence-electron chi connectivity index (χ4n) is 2.80. The molecule has 1 aliphatic heterocycles. The highest BCUT2D eigenvalue weighted by molar-refractivity contribution is 5.03. The third-order valence-corrected chi connectivity index (χ3v) is 4.10. The maximum Gasteiger partial charge on any atom is 0.257 e. The van der Waals surface area contributed by atoms with Crippen molar-refractivity contribution in [2.45, 2.75) is 51.4 Å². The lowest BCUT2D eigenvalue weighted by molar-refractivity contribution is -0.0839. The number of hydrogen-bond donors (Lipinski definition) is 0. The highest BCUT2D eigenvalue weighted by atomic mass is 16.5. The normalized spacial score (nSPS) is 25.1. The molecular formula is C14H25N3O3. The third kappa shape index (κ3) is 2.87. The molecular weight excluding hydrogens is 258 g/mol. The monoisotopic (exact) mass is 283 g/mol. The standard InChI is InChI=1S/C14H25N3O3/c1-6-14(7-2,18-5)13-15-12(20-16-13)11-9-17(4)8-10(3)19-11/h10-11H,6-9H2,1-5H3/t10-,11-/m1/s1. The quantitative estimate of drug-likeness (QED) is 0.825. The van der Waals surface area contributed by atoms with E-state index in [-0.39, 0.29) is 12.2 Å². The van der Waals surface area contributed by atoms with Gasteiger partial charge >= 0.3 is 0 Å². The van der Waals surface area contributed by atoms with Gasteiger partial charge in [0.2, 0.25) is 5.82 Å². The van der Waals surface area contributed by atoms with E-state index in [0.29, 0.717) is 11.7 Å². The van der Waals surface area contributed by atoms with Crippen LogP contribution < -0.4 is 0 Å². The van der Waals surface area contributed by atoms with E-state index in [0.717, 1.165) is 25.9 Å². The predicted octanol–water partition coefficient (Wildman–Crippen LogP) is 2.12. The molecule has 0 radical (unpaired) electrons. The average Bonchev–Trinajstić information content (AvgIpc) is 2.91. The van der Waals surface area contributed by atoms with Crippen molar-refractivity contribution in [3.05, 3.63) is 11.7 Å². The second-order valence-corrected chi connectivity index (χ2v) is 5.52. The Morgan fingerprint density at radius 2 is 2.05 bits per heavy atom. The second-order valence-electron chi connectivity index (χ2n) is 5.52. The van der Waals surface area contributed by atoms with E-state index in [1.807, 2.05) is 0 Å². The van der Waals surface area contributed by atoms with Gasteiger partial charge in [-0.15, -0.1) is 0 Å². The Hall–Kier alpha value is -0.980. The Morgan fingerprint density at radius 3 is 2.60 bits per heavy atom. The van der Waals surface area contributed by atoms with Crippen LogP contribution in [0.25, 0.3) is 0 Å². The molecule has 0 aliphatic carbocycles. The van der Waals surface area contributed by atoms with Gasteiger partial charge in [0.05, 0.1) is 6.10 Å². The van der Waals surface area contributed by atoms with Gasteiger partial charge < -0.3 is 18.9 Å². The van der Waals surface area contributed by atoms with E-state index in [9.17, 15) is 0 Å². The summed E-state index contributed by atoms with van der Waals surface area (Å²) in [6.07, 6.45) is 1.62. The number of hydrogen-bond acceptors (Lipinski definition) is 6. The number of rotatable bonds is 5. The zero-order valence-electron chi connectivity index (χ0n) is 13.0. The van der Waals surface area contributed by atoms with Gasteiger partial charge in [0, 0.05) is 20.2 Å². The first-order valence-corrected chi connectivity index (χ1v) is 7.27. The number of aromatic nitrogens is 2. The molecule has 2 heterocycles. The van der Waals surface area contributed by atoms with Crippen LogP contribution in [0.5, 0.6) is 0 Å². The maximum atomic E-state index is 5.89. The summed E-state index contributed by atoms with van der Waals surface area (Å²) in [5, 5.41) is 4.12. The second kappa shape index (κ2) is 6.20. The summed E-state index contributed by atoms with van der Waals surface area (Å²) in [6, 6.07) is 0. The Morgan fingerprint density at radius 1 is 1.35 bits per heavy atom. The molecule has 1 saturated heterocycles. The van der Waals surface area contributed by atoms with Gasteiger partial charge in [0.15, 0.2) is 0 Å².